The summed E-state index contributed by atoms with van der Waals surface area (Å²) in [6.07, 6.45) is 0. The van der Waals surface area contributed by atoms with E-state index in [2.05, 4.69) is 10.6 Å². The van der Waals surface area contributed by atoms with Crippen LogP contribution in [0, 0.1) is 5.92 Å². The van der Waals surface area contributed by atoms with Crippen LogP contribution in [-0.2, 0) is 9.53 Å². The molecule has 2 unspecified atom stereocenters. The summed E-state index contributed by atoms with van der Waals surface area (Å²) in [5.74, 6) is -1.52. The molecule has 116 valence electrons. The van der Waals surface area contributed by atoms with Crippen LogP contribution in [0.25, 0.3) is 0 Å². The smallest absolute Gasteiger partial charge is 0.314 e. The Balaban J connectivity index is 2.44. The van der Waals surface area contributed by atoms with E-state index in [1.807, 2.05) is 13.0 Å². The van der Waals surface area contributed by atoms with Crippen LogP contribution in [0.3, 0.4) is 0 Å². The van der Waals surface area contributed by atoms with Crippen molar-refractivity contribution in [3.8, 4) is 0 Å². The molecule has 0 spiro atoms. The number of urea groups is 1. The summed E-state index contributed by atoms with van der Waals surface area (Å²) >= 11 is 0. The highest BCUT2D eigenvalue weighted by atomic mass is 16.5. The topological polar surface area (TPSA) is 87.7 Å². The fraction of sp³-hybridized carbons (Fsp3) is 0.467. The van der Waals surface area contributed by atoms with Crippen molar-refractivity contribution in [3.05, 3.63) is 35.9 Å². The lowest BCUT2D eigenvalue weighted by Crippen LogP contribution is -2.41. The van der Waals surface area contributed by atoms with Crippen molar-refractivity contribution < 1.29 is 19.4 Å². The number of carbonyl (C=O) groups excluding carboxylic acids is 1. The molecule has 0 radical (unpaired) electrons. The molecule has 0 bridgehead atoms. The Labute approximate surface area is 124 Å². The number of methoxy groups -OCH3 is 1. The third-order valence-electron chi connectivity index (χ3n) is 3.03. The SMILES string of the molecule is COCC(C)CNC(=O)NCC(C(=O)O)c1ccccc1. The van der Waals surface area contributed by atoms with Gasteiger partial charge in [-0.15, -0.1) is 0 Å². The van der Waals surface area contributed by atoms with Crippen molar-refractivity contribution in [3.63, 3.8) is 0 Å². The molecule has 2 amide bonds. The Morgan fingerprint density at radius 2 is 1.81 bits per heavy atom. The summed E-state index contributed by atoms with van der Waals surface area (Å²) in [7, 11) is 1.61. The van der Waals surface area contributed by atoms with Crippen molar-refractivity contribution in [1.82, 2.24) is 10.6 Å². The molecule has 3 N–H and O–H groups in total. The largest absolute Gasteiger partial charge is 0.481 e. The fourth-order valence-corrected chi connectivity index (χ4v) is 1.90. The lowest BCUT2D eigenvalue weighted by molar-refractivity contribution is -0.138. The predicted molar refractivity (Wildman–Crippen MR) is 79.3 cm³/mol. The third kappa shape index (κ3) is 6.27. The van der Waals surface area contributed by atoms with E-state index in [9.17, 15) is 14.7 Å². The van der Waals surface area contributed by atoms with Gasteiger partial charge in [-0.25, -0.2) is 4.79 Å². The summed E-state index contributed by atoms with van der Waals surface area (Å²) in [6.45, 7) is 3.03. The molecule has 0 aromatic heterocycles. The number of nitrogens with one attached hydrogen (secondary N) is 2. The van der Waals surface area contributed by atoms with E-state index in [4.69, 9.17) is 4.74 Å². The molecule has 1 aromatic carbocycles. The number of carboxylic acids is 1. The van der Waals surface area contributed by atoms with Gasteiger partial charge in [-0.1, -0.05) is 37.3 Å². The molecule has 6 heteroatoms. The Kier molecular flexibility index (Phi) is 7.25. The second-order valence-electron chi connectivity index (χ2n) is 4.95. The van der Waals surface area contributed by atoms with E-state index in [-0.39, 0.29) is 18.5 Å². The van der Waals surface area contributed by atoms with Crippen molar-refractivity contribution in [2.45, 2.75) is 12.8 Å². The summed E-state index contributed by atoms with van der Waals surface area (Å²) in [5.41, 5.74) is 0.665. The maximum absolute atomic E-state index is 11.7. The number of ether oxygens (including phenoxy) is 1. The molecular formula is C15H22N2O4. The first kappa shape index (κ1) is 17.0. The van der Waals surface area contributed by atoms with Gasteiger partial charge in [0.15, 0.2) is 0 Å². The Morgan fingerprint density at radius 3 is 2.38 bits per heavy atom. The van der Waals surface area contributed by atoms with Gasteiger partial charge in [0, 0.05) is 20.2 Å². The Hall–Kier alpha value is -2.08. The molecular weight excluding hydrogens is 272 g/mol. The van der Waals surface area contributed by atoms with Crippen LogP contribution in [-0.4, -0.2) is 43.9 Å². The van der Waals surface area contributed by atoms with Gasteiger partial charge in [-0.2, -0.15) is 0 Å². The van der Waals surface area contributed by atoms with Gasteiger partial charge in [0.05, 0.1) is 12.5 Å². The molecule has 0 saturated heterocycles. The molecule has 0 fully saturated rings. The number of hydrogen-bond donors (Lipinski definition) is 3. The summed E-state index contributed by atoms with van der Waals surface area (Å²) in [5, 5.41) is 14.5. The second-order valence-corrected chi connectivity index (χ2v) is 4.95. The van der Waals surface area contributed by atoms with Crippen molar-refractivity contribution in [1.29, 1.82) is 0 Å². The highest BCUT2D eigenvalue weighted by Crippen LogP contribution is 2.14. The number of benzene rings is 1. The zero-order chi connectivity index (χ0) is 15.7. The number of hydrogen-bond acceptors (Lipinski definition) is 3. The highest BCUT2D eigenvalue weighted by molar-refractivity contribution is 5.79. The van der Waals surface area contributed by atoms with Gasteiger partial charge in [-0.3, -0.25) is 4.79 Å². The van der Waals surface area contributed by atoms with Crippen LogP contribution in [0.1, 0.15) is 18.4 Å². The molecule has 2 atom stereocenters. The van der Waals surface area contributed by atoms with Gasteiger partial charge in [0.1, 0.15) is 0 Å². The molecule has 0 saturated carbocycles. The van der Waals surface area contributed by atoms with Crippen LogP contribution in [0.15, 0.2) is 30.3 Å². The van der Waals surface area contributed by atoms with E-state index < -0.39 is 11.9 Å². The van der Waals surface area contributed by atoms with Crippen molar-refractivity contribution in [2.24, 2.45) is 5.92 Å². The molecule has 0 aliphatic heterocycles. The fourth-order valence-electron chi connectivity index (χ4n) is 1.90. The first-order chi connectivity index (χ1) is 10.0. The number of aliphatic carboxylic acids is 1. The molecule has 21 heavy (non-hydrogen) atoms. The number of carboxylic acid groups (broad SMARTS) is 1. The molecule has 0 aliphatic carbocycles. The molecule has 0 heterocycles. The van der Waals surface area contributed by atoms with E-state index in [1.165, 1.54) is 0 Å². The molecule has 6 nitrogen and oxygen atoms in total. The van der Waals surface area contributed by atoms with Crippen molar-refractivity contribution >= 4 is 12.0 Å². The summed E-state index contributed by atoms with van der Waals surface area (Å²) in [4.78, 5) is 22.9. The molecule has 0 aliphatic rings. The maximum Gasteiger partial charge on any atom is 0.314 e. The minimum atomic E-state index is -0.964. The second kappa shape index (κ2) is 8.97. The Bertz CT molecular complexity index is 450. The van der Waals surface area contributed by atoms with Crippen LogP contribution in [0.4, 0.5) is 4.79 Å². The van der Waals surface area contributed by atoms with Gasteiger partial charge >= 0.3 is 12.0 Å². The third-order valence-corrected chi connectivity index (χ3v) is 3.03. The van der Waals surface area contributed by atoms with E-state index in [1.54, 1.807) is 31.4 Å². The average molecular weight is 294 g/mol. The van der Waals surface area contributed by atoms with Gasteiger partial charge in [-0.05, 0) is 11.5 Å². The van der Waals surface area contributed by atoms with Gasteiger partial charge in [0.2, 0.25) is 0 Å². The first-order valence-corrected chi connectivity index (χ1v) is 6.83. The average Bonchev–Trinajstić information content (AvgIpc) is 2.46. The van der Waals surface area contributed by atoms with Crippen molar-refractivity contribution in [2.75, 3.05) is 26.8 Å². The van der Waals surface area contributed by atoms with Gasteiger partial charge in [0.25, 0.3) is 0 Å². The summed E-state index contributed by atoms with van der Waals surface area (Å²) in [6, 6.07) is 8.47. The minimum Gasteiger partial charge on any atom is -0.481 e. The summed E-state index contributed by atoms with van der Waals surface area (Å²) < 4.78 is 4.97. The highest BCUT2D eigenvalue weighted by Gasteiger charge is 2.20. The maximum atomic E-state index is 11.7. The number of carbonyl (C=O) groups is 2. The van der Waals surface area contributed by atoms with E-state index in [0.717, 1.165) is 0 Å². The first-order valence-electron chi connectivity index (χ1n) is 6.83. The van der Waals surface area contributed by atoms with Gasteiger partial charge < -0.3 is 20.5 Å². The molecule has 1 rings (SSSR count). The zero-order valence-corrected chi connectivity index (χ0v) is 12.3. The van der Waals surface area contributed by atoms with E-state index in [0.29, 0.717) is 18.7 Å². The minimum absolute atomic E-state index is 0.0455. The predicted octanol–water partition coefficient (Wildman–Crippen LogP) is 1.44. The quantitative estimate of drug-likeness (QED) is 0.677. The molecule has 1 aromatic rings. The van der Waals surface area contributed by atoms with E-state index >= 15 is 0 Å². The normalized spacial score (nSPS) is 13.2. The van der Waals surface area contributed by atoms with Crippen LogP contribution < -0.4 is 10.6 Å². The lowest BCUT2D eigenvalue weighted by Gasteiger charge is -2.15. The Morgan fingerprint density at radius 1 is 1.19 bits per heavy atom. The monoisotopic (exact) mass is 294 g/mol. The lowest BCUT2D eigenvalue weighted by atomic mass is 9.99. The standard InChI is InChI=1S/C15H22N2O4/c1-11(10-21-2)8-16-15(20)17-9-13(14(18)19)12-6-4-3-5-7-12/h3-7,11,13H,8-10H2,1-2H3,(H,18,19)(H2,16,17,20). The number of rotatable bonds is 8. The van der Waals surface area contributed by atoms with Crippen LogP contribution in [0.5, 0.6) is 0 Å². The van der Waals surface area contributed by atoms with Crippen LogP contribution in [0.2, 0.25) is 0 Å². The zero-order valence-electron chi connectivity index (χ0n) is 12.3. The van der Waals surface area contributed by atoms with Crippen LogP contribution >= 0.6 is 0 Å². The number of amides is 2.